The minimum Gasteiger partial charge on any atom is -0.466 e. The molecule has 0 bridgehead atoms. The number of rotatable bonds is 11. The number of aliphatic hydroxyl groups excluding tert-OH is 2. The lowest BCUT2D eigenvalue weighted by atomic mass is 9.86. The van der Waals surface area contributed by atoms with Gasteiger partial charge in [-0.1, -0.05) is 11.6 Å². The molecule has 1 rings (SSSR count). The number of hydrogen-bond donors (Lipinski definition) is 5. The molecule has 1 aliphatic rings. The summed E-state index contributed by atoms with van der Waals surface area (Å²) in [6, 6.07) is -1.56. The van der Waals surface area contributed by atoms with Crippen molar-refractivity contribution in [3.8, 4) is 0 Å². The second-order valence-corrected chi connectivity index (χ2v) is 7.08. The predicted molar refractivity (Wildman–Crippen MR) is 109 cm³/mol. The third kappa shape index (κ3) is 8.38. The maximum Gasteiger partial charge on any atom is 0.309 e. The molecule has 0 aliphatic heterocycles. The highest BCUT2D eigenvalue weighted by molar-refractivity contribution is 5.78. The van der Waals surface area contributed by atoms with Crippen LogP contribution in [0.3, 0.4) is 0 Å². The molecule has 0 radical (unpaired) electrons. The van der Waals surface area contributed by atoms with Gasteiger partial charge in [-0.3, -0.25) is 9.59 Å². The molecule has 6 N–H and O–H groups in total. The summed E-state index contributed by atoms with van der Waals surface area (Å²) in [5.41, 5.74) is 6.31. The van der Waals surface area contributed by atoms with E-state index in [-0.39, 0.29) is 25.4 Å². The van der Waals surface area contributed by atoms with Gasteiger partial charge in [-0.05, 0) is 13.3 Å². The van der Waals surface area contributed by atoms with E-state index in [2.05, 4.69) is 15.6 Å². The number of aliphatic imine (C=N–C) groups is 1. The monoisotopic (exact) mass is 450 g/mol. The summed E-state index contributed by atoms with van der Waals surface area (Å²) >= 11 is 0. The Labute approximate surface area is 179 Å². The van der Waals surface area contributed by atoms with Crippen LogP contribution in [0.1, 0.15) is 26.7 Å². The van der Waals surface area contributed by atoms with Gasteiger partial charge in [0.1, 0.15) is 31.7 Å². The number of hydrogen-bond acceptors (Lipinski definition) is 7. The summed E-state index contributed by atoms with van der Waals surface area (Å²) in [6.45, 7) is 0.539. The fourth-order valence-corrected chi connectivity index (χ4v) is 3.25. The van der Waals surface area contributed by atoms with E-state index in [9.17, 15) is 28.6 Å². The molecule has 0 heterocycles. The third-order valence-electron chi connectivity index (χ3n) is 4.64. The molecule has 31 heavy (non-hydrogen) atoms. The highest BCUT2D eigenvalue weighted by Gasteiger charge is 2.39. The van der Waals surface area contributed by atoms with E-state index in [1.165, 1.54) is 13.0 Å². The minimum absolute atomic E-state index is 0.0561. The van der Waals surface area contributed by atoms with E-state index < -0.39 is 61.7 Å². The molecule has 0 spiro atoms. The molecule has 0 aromatic heterocycles. The van der Waals surface area contributed by atoms with Crippen molar-refractivity contribution in [2.24, 2.45) is 10.7 Å². The number of nitrogens with zero attached hydrogens (tertiary/aromatic N) is 1. The average Bonchev–Trinajstić information content (AvgIpc) is 2.72. The van der Waals surface area contributed by atoms with Gasteiger partial charge in [-0.15, -0.1) is 0 Å². The Morgan fingerprint density at radius 3 is 2.42 bits per heavy atom. The molecule has 178 valence electrons. The molecule has 0 fully saturated rings. The van der Waals surface area contributed by atoms with E-state index >= 15 is 0 Å². The Bertz CT molecular complexity index is 653. The van der Waals surface area contributed by atoms with Gasteiger partial charge >= 0.3 is 5.97 Å². The van der Waals surface area contributed by atoms with Crippen LogP contribution >= 0.6 is 0 Å². The Kier molecular flexibility index (Phi) is 11.4. The number of alkyl halides is 2. The van der Waals surface area contributed by atoms with Gasteiger partial charge in [-0.2, -0.15) is 0 Å². The third-order valence-corrected chi connectivity index (χ3v) is 4.64. The number of ether oxygens (including phenoxy) is 2. The summed E-state index contributed by atoms with van der Waals surface area (Å²) < 4.78 is 36.8. The van der Waals surface area contributed by atoms with Crippen LogP contribution < -0.4 is 16.4 Å². The molecule has 12 heteroatoms. The van der Waals surface area contributed by atoms with Crippen molar-refractivity contribution in [3.05, 3.63) is 11.6 Å². The Balaban J connectivity index is 3.35. The van der Waals surface area contributed by atoms with Crippen molar-refractivity contribution in [2.45, 2.75) is 63.2 Å². The van der Waals surface area contributed by atoms with Gasteiger partial charge in [0.2, 0.25) is 5.91 Å². The van der Waals surface area contributed by atoms with Crippen molar-refractivity contribution in [1.29, 1.82) is 0 Å². The second-order valence-electron chi connectivity index (χ2n) is 7.08. The molecule has 10 nitrogen and oxygen atoms in total. The molecule has 5 atom stereocenters. The zero-order valence-electron chi connectivity index (χ0n) is 17.9. The summed E-state index contributed by atoms with van der Waals surface area (Å²) in [6.07, 6.45) is -4.70. The lowest BCUT2D eigenvalue weighted by Crippen LogP contribution is -2.56. The number of amides is 1. The maximum absolute atomic E-state index is 13.1. The van der Waals surface area contributed by atoms with Crippen LogP contribution in [0.5, 0.6) is 0 Å². The molecule has 1 amide bonds. The number of nitrogens with two attached hydrogens (primary N) is 1. The Morgan fingerprint density at radius 1 is 1.32 bits per heavy atom. The summed E-state index contributed by atoms with van der Waals surface area (Å²) in [7, 11) is 1.55. The van der Waals surface area contributed by atoms with Gasteiger partial charge in [-0.25, -0.2) is 13.8 Å². The van der Waals surface area contributed by atoms with Crippen LogP contribution in [-0.4, -0.2) is 91.6 Å². The minimum atomic E-state index is -1.81. The smallest absolute Gasteiger partial charge is 0.309 e. The van der Waals surface area contributed by atoms with Gasteiger partial charge in [0.15, 0.2) is 5.96 Å². The number of nitrogens with one attached hydrogen (secondary N) is 2. The number of aliphatic hydroxyl groups is 2. The number of halogens is 2. The molecular formula is C19H32F2N4O6. The van der Waals surface area contributed by atoms with E-state index in [4.69, 9.17) is 15.2 Å². The molecule has 0 aromatic rings. The first-order valence-corrected chi connectivity index (χ1v) is 9.93. The summed E-state index contributed by atoms with van der Waals surface area (Å²) in [5, 5.41) is 25.1. The number of carbonyl (C=O) groups excluding carboxylic acids is 2. The van der Waals surface area contributed by atoms with Crippen LogP contribution in [0, 0.1) is 0 Å². The standard InChI is InChI=1S/C19H32F2N4O6/c1-4-30-16(29)7-11-5-12(25-19(22)23-3)17(24-10(2)26)15(6-11)31-18(13(27)8-20)14(28)9-21/h6,12-15,17-18,27-28H,4-5,7-9H2,1-3H3,(H,24,26)(H3,22,23,25)/t12-,13?,14?,15+,17+,18?/m0/s1. The highest BCUT2D eigenvalue weighted by Crippen LogP contribution is 2.28. The van der Waals surface area contributed by atoms with Crippen molar-refractivity contribution in [1.82, 2.24) is 10.6 Å². The molecule has 1 aliphatic carbocycles. The maximum atomic E-state index is 13.1. The number of carbonyl (C=O) groups is 2. The second kappa shape index (κ2) is 13.2. The fraction of sp³-hybridized carbons (Fsp3) is 0.737. The molecule has 0 aromatic carbocycles. The van der Waals surface area contributed by atoms with E-state index in [0.717, 1.165) is 0 Å². The van der Waals surface area contributed by atoms with Crippen molar-refractivity contribution in [2.75, 3.05) is 27.0 Å². The van der Waals surface area contributed by atoms with E-state index in [1.54, 1.807) is 14.0 Å². The van der Waals surface area contributed by atoms with Gasteiger partial charge in [0, 0.05) is 14.0 Å². The van der Waals surface area contributed by atoms with Crippen LogP contribution in [0.4, 0.5) is 8.78 Å². The van der Waals surface area contributed by atoms with Gasteiger partial charge in [0.05, 0.1) is 31.2 Å². The van der Waals surface area contributed by atoms with E-state index in [1.807, 2.05) is 0 Å². The van der Waals surface area contributed by atoms with E-state index in [0.29, 0.717) is 5.57 Å². The van der Waals surface area contributed by atoms with Crippen molar-refractivity contribution < 1.29 is 38.1 Å². The average molecular weight is 450 g/mol. The quantitative estimate of drug-likeness (QED) is 0.117. The normalized spacial score (nSPS) is 24.5. The highest BCUT2D eigenvalue weighted by atomic mass is 19.1. The first-order valence-electron chi connectivity index (χ1n) is 9.93. The first-order chi connectivity index (χ1) is 14.7. The summed E-state index contributed by atoms with van der Waals surface area (Å²) in [4.78, 5) is 28.1. The molecule has 0 saturated carbocycles. The largest absolute Gasteiger partial charge is 0.466 e. The zero-order valence-corrected chi connectivity index (χ0v) is 17.9. The molecular weight excluding hydrogens is 418 g/mol. The van der Waals surface area contributed by atoms with Crippen molar-refractivity contribution in [3.63, 3.8) is 0 Å². The SMILES string of the molecule is CCOC(=O)CC1=C[C@@H](OC(C(O)CF)C(O)CF)[C@H](NC(C)=O)[C@@H](N=C(N)NC)C1. The van der Waals surface area contributed by atoms with Gasteiger partial charge < -0.3 is 36.1 Å². The Morgan fingerprint density at radius 2 is 1.94 bits per heavy atom. The lowest BCUT2D eigenvalue weighted by molar-refractivity contribution is -0.143. The molecule has 0 saturated heterocycles. The van der Waals surface area contributed by atoms with Crippen LogP contribution in [0.15, 0.2) is 16.6 Å². The van der Waals surface area contributed by atoms with Crippen LogP contribution in [-0.2, 0) is 19.1 Å². The fourth-order valence-electron chi connectivity index (χ4n) is 3.25. The number of guanidine groups is 1. The lowest BCUT2D eigenvalue weighted by Gasteiger charge is -2.38. The van der Waals surface area contributed by atoms with Crippen LogP contribution in [0.2, 0.25) is 0 Å². The van der Waals surface area contributed by atoms with Crippen molar-refractivity contribution >= 4 is 17.8 Å². The Hall–Kier alpha value is -2.31. The zero-order chi connectivity index (χ0) is 23.6. The van der Waals surface area contributed by atoms with Gasteiger partial charge in [0.25, 0.3) is 0 Å². The van der Waals surface area contributed by atoms with Crippen LogP contribution in [0.25, 0.3) is 0 Å². The predicted octanol–water partition coefficient (Wildman–Crippen LogP) is -0.908. The molecule has 2 unspecified atom stereocenters. The number of esters is 1. The first kappa shape index (κ1) is 26.7. The summed E-state index contributed by atoms with van der Waals surface area (Å²) in [5.74, 6) is -0.878. The topological polar surface area (TPSA) is 156 Å².